The summed E-state index contributed by atoms with van der Waals surface area (Å²) in [5.74, 6) is -0.107. The number of aliphatic hydroxyl groups is 1. The summed E-state index contributed by atoms with van der Waals surface area (Å²) in [5, 5.41) is 12.8. The van der Waals surface area contributed by atoms with E-state index >= 15 is 0 Å². The van der Waals surface area contributed by atoms with E-state index in [1.807, 2.05) is 13.8 Å². The monoisotopic (exact) mass is 230 g/mol. The van der Waals surface area contributed by atoms with Crippen molar-refractivity contribution in [1.29, 1.82) is 0 Å². The molecule has 0 aliphatic heterocycles. The third-order valence-electron chi connectivity index (χ3n) is 3.73. The average Bonchev–Trinajstić information content (AvgIpc) is 2.14. The van der Waals surface area contributed by atoms with Crippen LogP contribution < -0.4 is 11.1 Å². The molecule has 1 atom stereocenters. The van der Waals surface area contributed by atoms with Gasteiger partial charge in [-0.2, -0.15) is 0 Å². The maximum Gasteiger partial charge on any atom is 0.227 e. The first-order valence-corrected chi connectivity index (χ1v) is 5.75. The lowest BCUT2D eigenvalue weighted by Crippen LogP contribution is -2.61. The van der Waals surface area contributed by atoms with Crippen LogP contribution in [0, 0.1) is 5.41 Å². The quantitative estimate of drug-likeness (QED) is 0.660. The van der Waals surface area contributed by atoms with E-state index in [4.69, 9.17) is 5.73 Å². The predicted molar refractivity (Wildman–Crippen MR) is 66.0 cm³/mol. The molecule has 1 unspecified atom stereocenters. The van der Waals surface area contributed by atoms with Crippen molar-refractivity contribution in [3.05, 3.63) is 0 Å². The van der Waals surface area contributed by atoms with Gasteiger partial charge in [0.15, 0.2) is 0 Å². The van der Waals surface area contributed by atoms with Crippen LogP contribution in [0.15, 0.2) is 0 Å². The molecule has 4 heteroatoms. The number of nitrogens with two attached hydrogens (primary N) is 1. The molecule has 0 radical (unpaired) electrons. The third-order valence-corrected chi connectivity index (χ3v) is 3.73. The van der Waals surface area contributed by atoms with Gasteiger partial charge in [-0.05, 0) is 41.0 Å². The van der Waals surface area contributed by atoms with Crippen molar-refractivity contribution in [2.24, 2.45) is 11.1 Å². The van der Waals surface area contributed by atoms with E-state index in [1.54, 1.807) is 27.7 Å². The van der Waals surface area contributed by atoms with Crippen LogP contribution in [0.3, 0.4) is 0 Å². The molecule has 0 aromatic carbocycles. The molecule has 0 aromatic rings. The molecule has 0 aromatic heterocycles. The zero-order valence-corrected chi connectivity index (χ0v) is 11.3. The Morgan fingerprint density at radius 3 is 1.94 bits per heavy atom. The number of rotatable bonds is 5. The molecule has 4 nitrogen and oxygen atoms in total. The Balaban J connectivity index is 4.82. The maximum atomic E-state index is 12.1. The second-order valence-electron chi connectivity index (χ2n) is 5.76. The first-order chi connectivity index (χ1) is 7.00. The van der Waals surface area contributed by atoms with Crippen LogP contribution in [0.5, 0.6) is 0 Å². The summed E-state index contributed by atoms with van der Waals surface area (Å²) >= 11 is 0. The number of carbonyl (C=O) groups excluding carboxylic acids is 1. The molecular weight excluding hydrogens is 204 g/mol. The second-order valence-corrected chi connectivity index (χ2v) is 5.76. The van der Waals surface area contributed by atoms with Crippen LogP contribution in [0.1, 0.15) is 48.0 Å². The van der Waals surface area contributed by atoms with Crippen LogP contribution in [0.2, 0.25) is 0 Å². The average molecular weight is 230 g/mol. The highest BCUT2D eigenvalue weighted by Crippen LogP contribution is 2.25. The summed E-state index contributed by atoms with van der Waals surface area (Å²) in [6.45, 7) is 11.0. The molecule has 0 saturated heterocycles. The molecule has 0 aliphatic rings. The largest absolute Gasteiger partial charge is 0.388 e. The van der Waals surface area contributed by atoms with Crippen LogP contribution >= 0.6 is 0 Å². The fourth-order valence-corrected chi connectivity index (χ4v) is 0.985. The van der Waals surface area contributed by atoms with E-state index in [2.05, 4.69) is 5.32 Å². The highest BCUT2D eigenvalue weighted by atomic mass is 16.3. The fourth-order valence-electron chi connectivity index (χ4n) is 0.985. The van der Waals surface area contributed by atoms with Gasteiger partial charge in [-0.3, -0.25) is 4.79 Å². The van der Waals surface area contributed by atoms with Gasteiger partial charge >= 0.3 is 0 Å². The maximum absolute atomic E-state index is 12.1. The molecule has 4 N–H and O–H groups in total. The lowest BCUT2D eigenvalue weighted by molar-refractivity contribution is -0.135. The van der Waals surface area contributed by atoms with Gasteiger partial charge in [-0.25, -0.2) is 0 Å². The van der Waals surface area contributed by atoms with Gasteiger partial charge in [0.25, 0.3) is 0 Å². The topological polar surface area (TPSA) is 75.4 Å². The Labute approximate surface area is 98.6 Å². The zero-order chi connectivity index (χ0) is 13.2. The van der Waals surface area contributed by atoms with Gasteiger partial charge in [-0.15, -0.1) is 0 Å². The normalized spacial score (nSPS) is 16.8. The van der Waals surface area contributed by atoms with E-state index in [1.165, 1.54) is 0 Å². The molecule has 1 amide bonds. The molecule has 0 fully saturated rings. The molecular formula is C12H26N2O2. The minimum absolute atomic E-state index is 0.107. The number of hydrogen-bond acceptors (Lipinski definition) is 3. The van der Waals surface area contributed by atoms with E-state index in [0.717, 1.165) is 0 Å². The van der Waals surface area contributed by atoms with E-state index in [0.29, 0.717) is 13.0 Å². The molecule has 0 spiro atoms. The standard InChI is InChI=1S/C12H26N2O2/c1-7-12(6,8-13)9(15)14-10(2,3)11(4,5)16/h16H,7-8,13H2,1-6H3,(H,14,15). The van der Waals surface area contributed by atoms with Gasteiger partial charge in [0, 0.05) is 6.54 Å². The Bertz CT molecular complexity index is 250. The summed E-state index contributed by atoms with van der Waals surface area (Å²) in [6.07, 6.45) is 0.678. The van der Waals surface area contributed by atoms with Gasteiger partial charge in [0.1, 0.15) is 0 Å². The summed E-state index contributed by atoms with van der Waals surface area (Å²) in [5.41, 5.74) is 3.39. The predicted octanol–water partition coefficient (Wildman–Crippen LogP) is 1.03. The van der Waals surface area contributed by atoms with E-state index in [9.17, 15) is 9.90 Å². The van der Waals surface area contributed by atoms with Crippen molar-refractivity contribution in [2.45, 2.75) is 59.1 Å². The molecule has 0 aliphatic carbocycles. The highest BCUT2D eigenvalue weighted by Gasteiger charge is 2.40. The van der Waals surface area contributed by atoms with Crippen molar-refractivity contribution in [1.82, 2.24) is 5.32 Å². The summed E-state index contributed by atoms with van der Waals surface area (Å²) < 4.78 is 0. The molecule has 0 heterocycles. The first-order valence-electron chi connectivity index (χ1n) is 5.75. The van der Waals surface area contributed by atoms with Gasteiger partial charge in [0.05, 0.1) is 16.6 Å². The first kappa shape index (κ1) is 15.4. The van der Waals surface area contributed by atoms with Crippen LogP contribution in [0.25, 0.3) is 0 Å². The number of nitrogens with one attached hydrogen (secondary N) is 1. The Morgan fingerprint density at radius 2 is 1.69 bits per heavy atom. The second kappa shape index (κ2) is 4.72. The number of hydrogen-bond donors (Lipinski definition) is 3. The van der Waals surface area contributed by atoms with Gasteiger partial charge in [0.2, 0.25) is 5.91 Å². The van der Waals surface area contributed by atoms with Gasteiger partial charge in [-0.1, -0.05) is 6.92 Å². The van der Waals surface area contributed by atoms with Crippen molar-refractivity contribution < 1.29 is 9.90 Å². The van der Waals surface area contributed by atoms with Crippen LogP contribution in [0.4, 0.5) is 0 Å². The summed E-state index contributed by atoms with van der Waals surface area (Å²) in [7, 11) is 0. The van der Waals surface area contributed by atoms with Crippen molar-refractivity contribution in [3.63, 3.8) is 0 Å². The zero-order valence-electron chi connectivity index (χ0n) is 11.3. The summed E-state index contributed by atoms with van der Waals surface area (Å²) in [6, 6.07) is 0. The molecule has 0 bridgehead atoms. The van der Waals surface area contributed by atoms with E-state index < -0.39 is 16.6 Å². The molecule has 0 rings (SSSR count). The third kappa shape index (κ3) is 3.19. The molecule has 0 saturated carbocycles. The minimum atomic E-state index is -0.980. The summed E-state index contributed by atoms with van der Waals surface area (Å²) in [4.78, 5) is 12.1. The minimum Gasteiger partial charge on any atom is -0.388 e. The SMILES string of the molecule is CCC(C)(CN)C(=O)NC(C)(C)C(C)(C)O. The Hall–Kier alpha value is -0.610. The Kier molecular flexibility index (Phi) is 4.54. The molecule has 16 heavy (non-hydrogen) atoms. The van der Waals surface area contributed by atoms with Crippen molar-refractivity contribution >= 4 is 5.91 Å². The lowest BCUT2D eigenvalue weighted by atomic mass is 9.82. The number of amides is 1. The molecule has 96 valence electrons. The van der Waals surface area contributed by atoms with Crippen molar-refractivity contribution in [3.8, 4) is 0 Å². The lowest BCUT2D eigenvalue weighted by Gasteiger charge is -2.40. The fraction of sp³-hybridized carbons (Fsp3) is 0.917. The highest BCUT2D eigenvalue weighted by molar-refractivity contribution is 5.83. The number of carbonyl (C=O) groups is 1. The van der Waals surface area contributed by atoms with Crippen molar-refractivity contribution in [2.75, 3.05) is 6.54 Å². The Morgan fingerprint density at radius 1 is 1.25 bits per heavy atom. The van der Waals surface area contributed by atoms with Crippen LogP contribution in [-0.4, -0.2) is 28.7 Å². The smallest absolute Gasteiger partial charge is 0.227 e. The van der Waals surface area contributed by atoms with Gasteiger partial charge < -0.3 is 16.2 Å². The van der Waals surface area contributed by atoms with Crippen LogP contribution in [-0.2, 0) is 4.79 Å². The van der Waals surface area contributed by atoms with E-state index in [-0.39, 0.29) is 5.91 Å².